The molecule has 1 amide bonds. The molecule has 0 aliphatic carbocycles. The smallest absolute Gasteiger partial charge is 0.243 e. The Hall–Kier alpha value is -2.55. The summed E-state index contributed by atoms with van der Waals surface area (Å²) >= 11 is 0. The van der Waals surface area contributed by atoms with E-state index in [-0.39, 0.29) is 22.5 Å². The summed E-state index contributed by atoms with van der Waals surface area (Å²) in [4.78, 5) is 29.1. The Morgan fingerprint density at radius 2 is 1.56 bits per heavy atom. The number of hydrogen-bond acceptors (Lipinski definition) is 5. The summed E-state index contributed by atoms with van der Waals surface area (Å²) in [5.41, 5.74) is 3.04. The number of aryl methyl sites for hydroxylation is 1. The second-order valence-corrected chi connectivity index (χ2v) is 11.3. The zero-order valence-electron chi connectivity index (χ0n) is 19.9. The van der Waals surface area contributed by atoms with Crippen molar-refractivity contribution in [2.24, 2.45) is 5.92 Å². The highest BCUT2D eigenvalue weighted by Crippen LogP contribution is 2.26. The van der Waals surface area contributed by atoms with Gasteiger partial charge in [-0.05, 0) is 44.4 Å². The van der Waals surface area contributed by atoms with E-state index in [2.05, 4.69) is 36.1 Å². The van der Waals surface area contributed by atoms with E-state index < -0.39 is 10.0 Å². The van der Waals surface area contributed by atoms with Crippen LogP contribution >= 0.6 is 0 Å². The molecule has 2 saturated heterocycles. The molecule has 0 spiro atoms. The molecule has 7 nitrogen and oxygen atoms in total. The van der Waals surface area contributed by atoms with Gasteiger partial charge in [-0.3, -0.25) is 14.5 Å². The topological polar surface area (TPSA) is 78.0 Å². The van der Waals surface area contributed by atoms with E-state index in [1.165, 1.54) is 34.5 Å². The molecule has 4 rings (SSSR count). The molecule has 0 unspecified atom stereocenters. The first-order valence-electron chi connectivity index (χ1n) is 11.9. The van der Waals surface area contributed by atoms with E-state index in [4.69, 9.17) is 0 Å². The molecule has 0 bridgehead atoms. The Balaban J connectivity index is 1.28. The van der Waals surface area contributed by atoms with Gasteiger partial charge in [-0.1, -0.05) is 42.0 Å². The number of hydrogen-bond donors (Lipinski definition) is 0. The Kier molecular flexibility index (Phi) is 7.50. The number of rotatable bonds is 6. The number of Topliss-reactive ketones (excluding diaryl/α,β-unsaturated/α-hetero) is 1. The molecular formula is C26H33N3O4S. The number of ketones is 1. The normalized spacial score (nSPS) is 18.7. The molecule has 182 valence electrons. The van der Waals surface area contributed by atoms with E-state index >= 15 is 0 Å². The molecule has 0 radical (unpaired) electrons. The molecule has 0 saturated carbocycles. The van der Waals surface area contributed by atoms with Crippen LogP contribution in [0.5, 0.6) is 0 Å². The monoisotopic (exact) mass is 483 g/mol. The van der Waals surface area contributed by atoms with Crippen molar-refractivity contribution in [2.75, 3.05) is 39.3 Å². The van der Waals surface area contributed by atoms with Crippen molar-refractivity contribution in [1.29, 1.82) is 0 Å². The fourth-order valence-corrected chi connectivity index (χ4v) is 6.28. The first-order valence-corrected chi connectivity index (χ1v) is 13.4. The predicted octanol–water partition coefficient (Wildman–Crippen LogP) is 2.94. The summed E-state index contributed by atoms with van der Waals surface area (Å²) in [6.07, 6.45) is 1.07. The van der Waals surface area contributed by atoms with Gasteiger partial charge in [-0.15, -0.1) is 0 Å². The maximum atomic E-state index is 13.1. The van der Waals surface area contributed by atoms with Crippen molar-refractivity contribution in [3.05, 3.63) is 65.2 Å². The standard InChI is InChI=1S/C26H33N3O4S/c1-20-4-3-5-22(18-20)19-27-14-16-28(17-15-27)26(31)24-10-12-29(13-11-24)34(32,33)25-8-6-23(7-9-25)21(2)30/h3-9,18,24H,10-17,19H2,1-2H3. The van der Waals surface area contributed by atoms with Crippen LogP contribution in [0.4, 0.5) is 0 Å². The highest BCUT2D eigenvalue weighted by atomic mass is 32.2. The van der Waals surface area contributed by atoms with E-state index in [1.54, 1.807) is 12.1 Å². The van der Waals surface area contributed by atoms with Crippen molar-refractivity contribution in [3.8, 4) is 0 Å². The zero-order valence-corrected chi connectivity index (χ0v) is 20.8. The fourth-order valence-electron chi connectivity index (χ4n) is 4.81. The second-order valence-electron chi connectivity index (χ2n) is 9.35. The van der Waals surface area contributed by atoms with E-state index in [1.807, 2.05) is 4.90 Å². The molecule has 34 heavy (non-hydrogen) atoms. The lowest BCUT2D eigenvalue weighted by molar-refractivity contribution is -0.138. The summed E-state index contributed by atoms with van der Waals surface area (Å²) in [6.45, 7) is 8.24. The summed E-state index contributed by atoms with van der Waals surface area (Å²) in [5.74, 6) is -0.0767. The van der Waals surface area contributed by atoms with Gasteiger partial charge < -0.3 is 4.90 Å². The van der Waals surface area contributed by atoms with Crippen LogP contribution in [0, 0.1) is 12.8 Å². The van der Waals surface area contributed by atoms with Gasteiger partial charge in [-0.2, -0.15) is 4.31 Å². The highest BCUT2D eigenvalue weighted by molar-refractivity contribution is 7.89. The molecule has 0 N–H and O–H groups in total. The summed E-state index contributed by atoms with van der Waals surface area (Å²) < 4.78 is 27.4. The van der Waals surface area contributed by atoms with Crippen LogP contribution in [-0.4, -0.2) is 73.5 Å². The number of carbonyl (C=O) groups is 2. The van der Waals surface area contributed by atoms with Crippen LogP contribution in [0.25, 0.3) is 0 Å². The number of carbonyl (C=O) groups excluding carboxylic acids is 2. The first-order chi connectivity index (χ1) is 16.2. The summed E-state index contributed by atoms with van der Waals surface area (Å²) in [6, 6.07) is 14.6. The maximum Gasteiger partial charge on any atom is 0.243 e. The van der Waals surface area contributed by atoms with Crippen molar-refractivity contribution in [2.45, 2.75) is 38.1 Å². The van der Waals surface area contributed by atoms with Crippen molar-refractivity contribution in [3.63, 3.8) is 0 Å². The highest BCUT2D eigenvalue weighted by Gasteiger charge is 2.34. The third-order valence-electron chi connectivity index (χ3n) is 6.87. The lowest BCUT2D eigenvalue weighted by Gasteiger charge is -2.38. The van der Waals surface area contributed by atoms with Crippen LogP contribution in [-0.2, 0) is 21.4 Å². The largest absolute Gasteiger partial charge is 0.340 e. The number of benzene rings is 2. The van der Waals surface area contributed by atoms with Crippen molar-refractivity contribution < 1.29 is 18.0 Å². The van der Waals surface area contributed by atoms with E-state index in [0.29, 0.717) is 44.6 Å². The van der Waals surface area contributed by atoms with Gasteiger partial charge in [0.1, 0.15) is 0 Å². The third kappa shape index (κ3) is 5.56. The van der Waals surface area contributed by atoms with Gasteiger partial charge in [0, 0.05) is 57.3 Å². The summed E-state index contributed by atoms with van der Waals surface area (Å²) in [5, 5.41) is 0. The molecule has 2 fully saturated rings. The Morgan fingerprint density at radius 1 is 0.912 bits per heavy atom. The SMILES string of the molecule is CC(=O)c1ccc(S(=O)(=O)N2CCC(C(=O)N3CCN(Cc4cccc(C)c4)CC3)CC2)cc1. The molecule has 2 aliphatic heterocycles. The molecule has 2 aromatic carbocycles. The van der Waals surface area contributed by atoms with Gasteiger partial charge >= 0.3 is 0 Å². The minimum Gasteiger partial charge on any atom is -0.340 e. The summed E-state index contributed by atoms with van der Waals surface area (Å²) in [7, 11) is -3.63. The average Bonchev–Trinajstić information content (AvgIpc) is 2.84. The van der Waals surface area contributed by atoms with Gasteiger partial charge in [-0.25, -0.2) is 8.42 Å². The number of amides is 1. The molecule has 8 heteroatoms. The van der Waals surface area contributed by atoms with Crippen LogP contribution in [0.3, 0.4) is 0 Å². The maximum absolute atomic E-state index is 13.1. The average molecular weight is 484 g/mol. The van der Waals surface area contributed by atoms with Crippen LogP contribution in [0.15, 0.2) is 53.4 Å². The lowest BCUT2D eigenvalue weighted by Crippen LogP contribution is -2.51. The third-order valence-corrected chi connectivity index (χ3v) is 8.79. The molecule has 2 aromatic rings. The van der Waals surface area contributed by atoms with Crippen molar-refractivity contribution in [1.82, 2.24) is 14.1 Å². The number of piperidine rings is 1. The lowest BCUT2D eigenvalue weighted by atomic mass is 9.96. The Labute approximate surface area is 202 Å². The van der Waals surface area contributed by atoms with Gasteiger partial charge in [0.05, 0.1) is 4.90 Å². The van der Waals surface area contributed by atoms with Gasteiger partial charge in [0.25, 0.3) is 0 Å². The Bertz CT molecular complexity index is 1130. The quantitative estimate of drug-likeness (QED) is 0.591. The van der Waals surface area contributed by atoms with Crippen LogP contribution in [0.2, 0.25) is 0 Å². The van der Waals surface area contributed by atoms with Gasteiger partial charge in [0.2, 0.25) is 15.9 Å². The second kappa shape index (κ2) is 10.4. The number of piperazine rings is 1. The molecule has 2 heterocycles. The molecule has 0 atom stereocenters. The minimum atomic E-state index is -3.63. The van der Waals surface area contributed by atoms with E-state index in [9.17, 15) is 18.0 Å². The zero-order chi connectivity index (χ0) is 24.3. The minimum absolute atomic E-state index is 0.0979. The number of nitrogens with zero attached hydrogens (tertiary/aromatic N) is 3. The van der Waals surface area contributed by atoms with Gasteiger partial charge in [0.15, 0.2) is 5.78 Å². The molecule has 0 aromatic heterocycles. The molecule has 2 aliphatic rings. The van der Waals surface area contributed by atoms with E-state index in [0.717, 1.165) is 19.6 Å². The van der Waals surface area contributed by atoms with Crippen LogP contribution < -0.4 is 0 Å². The fraction of sp³-hybridized carbons (Fsp3) is 0.462. The molecular weight excluding hydrogens is 450 g/mol. The first kappa shape index (κ1) is 24.6. The van der Waals surface area contributed by atoms with Crippen LogP contribution in [0.1, 0.15) is 41.3 Å². The number of sulfonamides is 1. The van der Waals surface area contributed by atoms with Crippen molar-refractivity contribution >= 4 is 21.7 Å². The predicted molar refractivity (Wildman–Crippen MR) is 131 cm³/mol. The Morgan fingerprint density at radius 3 is 2.15 bits per heavy atom.